The van der Waals surface area contributed by atoms with Crippen molar-refractivity contribution >= 4 is 66.5 Å². The number of hydrogen-bond acceptors (Lipinski definition) is 6. The minimum atomic E-state index is -0.492. The van der Waals surface area contributed by atoms with Gasteiger partial charge in [0.15, 0.2) is 12.4 Å². The van der Waals surface area contributed by atoms with Gasteiger partial charge in [0.05, 0.1) is 32.7 Å². The molecule has 0 amide bonds. The van der Waals surface area contributed by atoms with Gasteiger partial charge in [0.2, 0.25) is 0 Å². The molecule has 0 fully saturated rings. The number of nitrogens with zero attached hydrogens (tertiary/aromatic N) is 3. The molecular formula is C21H18Br2ClN3O4. The van der Waals surface area contributed by atoms with Crippen LogP contribution in [0.3, 0.4) is 0 Å². The first-order chi connectivity index (χ1) is 14.7. The Labute approximate surface area is 200 Å². The van der Waals surface area contributed by atoms with Gasteiger partial charge in [-0.25, -0.2) is 9.78 Å². The summed E-state index contributed by atoms with van der Waals surface area (Å²) >= 11 is 13.1. The van der Waals surface area contributed by atoms with E-state index in [0.29, 0.717) is 32.5 Å². The number of carbonyl (C=O) groups excluding carboxylic acids is 1. The van der Waals surface area contributed by atoms with Crippen LogP contribution in [0.4, 0.5) is 0 Å². The average Bonchev–Trinajstić information content (AvgIpc) is 2.67. The van der Waals surface area contributed by atoms with Crippen molar-refractivity contribution in [2.24, 2.45) is 5.10 Å². The third-order valence-corrected chi connectivity index (χ3v) is 5.38. The molecule has 0 unspecified atom stereocenters. The summed E-state index contributed by atoms with van der Waals surface area (Å²) in [5.74, 6) is 0.267. The second-order valence-electron chi connectivity index (χ2n) is 6.82. The molecule has 0 atom stereocenters. The number of halogens is 3. The molecule has 0 saturated carbocycles. The first kappa shape index (κ1) is 23.4. The van der Waals surface area contributed by atoms with Crippen molar-refractivity contribution in [1.82, 2.24) is 9.66 Å². The highest BCUT2D eigenvalue weighted by Gasteiger charge is 2.13. The molecule has 0 N–H and O–H groups in total. The molecule has 2 aromatic carbocycles. The Morgan fingerprint density at radius 2 is 2.03 bits per heavy atom. The number of fused-ring (bicyclic) bond motifs is 1. The molecule has 1 heterocycles. The van der Waals surface area contributed by atoms with Crippen molar-refractivity contribution in [1.29, 1.82) is 0 Å². The lowest BCUT2D eigenvalue weighted by Crippen LogP contribution is -2.20. The Bertz CT molecular complexity index is 1220. The quantitative estimate of drug-likeness (QED) is 0.304. The van der Waals surface area contributed by atoms with Gasteiger partial charge in [-0.3, -0.25) is 4.79 Å². The van der Waals surface area contributed by atoms with Crippen LogP contribution >= 0.6 is 43.5 Å². The zero-order valence-corrected chi connectivity index (χ0v) is 20.8. The maximum atomic E-state index is 12.8. The van der Waals surface area contributed by atoms with Crippen LogP contribution < -0.4 is 10.3 Å². The smallest absolute Gasteiger partial charge is 0.344 e. The molecule has 0 bridgehead atoms. The van der Waals surface area contributed by atoms with Gasteiger partial charge in [0, 0.05) is 4.47 Å². The summed E-state index contributed by atoms with van der Waals surface area (Å²) in [6.07, 6.45) is 1.26. The van der Waals surface area contributed by atoms with Crippen LogP contribution in [0.1, 0.15) is 25.2 Å². The molecule has 0 spiro atoms. The molecule has 0 aliphatic heterocycles. The van der Waals surface area contributed by atoms with E-state index in [-0.39, 0.29) is 23.3 Å². The number of rotatable bonds is 6. The summed E-state index contributed by atoms with van der Waals surface area (Å²) in [4.78, 5) is 28.9. The molecular weight excluding hydrogens is 554 g/mol. The molecule has 10 heteroatoms. The van der Waals surface area contributed by atoms with Crippen LogP contribution in [0, 0.1) is 6.92 Å². The Morgan fingerprint density at radius 1 is 1.29 bits per heavy atom. The highest BCUT2D eigenvalue weighted by atomic mass is 79.9. The van der Waals surface area contributed by atoms with Crippen molar-refractivity contribution in [2.45, 2.75) is 26.9 Å². The van der Waals surface area contributed by atoms with E-state index in [9.17, 15) is 9.59 Å². The fourth-order valence-electron chi connectivity index (χ4n) is 2.74. The van der Waals surface area contributed by atoms with Crippen LogP contribution in [0.5, 0.6) is 5.75 Å². The Kier molecular flexibility index (Phi) is 7.51. The van der Waals surface area contributed by atoms with Crippen molar-refractivity contribution in [2.75, 3.05) is 6.61 Å². The molecule has 3 aromatic rings. The maximum Gasteiger partial charge on any atom is 0.344 e. The van der Waals surface area contributed by atoms with Crippen molar-refractivity contribution in [3.05, 3.63) is 66.0 Å². The summed E-state index contributed by atoms with van der Waals surface area (Å²) < 4.78 is 13.1. The van der Waals surface area contributed by atoms with E-state index in [4.69, 9.17) is 21.1 Å². The summed E-state index contributed by atoms with van der Waals surface area (Å²) in [5, 5.41) is 5.01. The lowest BCUT2D eigenvalue weighted by atomic mass is 10.2. The highest BCUT2D eigenvalue weighted by Crippen LogP contribution is 2.34. The molecule has 0 saturated heterocycles. The van der Waals surface area contributed by atoms with Gasteiger partial charge in [0.25, 0.3) is 5.56 Å². The third-order valence-electron chi connectivity index (χ3n) is 4.01. The van der Waals surface area contributed by atoms with Crippen LogP contribution in [-0.2, 0) is 9.53 Å². The van der Waals surface area contributed by atoms with E-state index >= 15 is 0 Å². The first-order valence-corrected chi connectivity index (χ1v) is 11.2. The average molecular weight is 572 g/mol. The molecule has 0 radical (unpaired) electrons. The predicted octanol–water partition coefficient (Wildman–Crippen LogP) is 5.10. The van der Waals surface area contributed by atoms with Gasteiger partial charge in [-0.1, -0.05) is 27.5 Å². The van der Waals surface area contributed by atoms with E-state index in [1.165, 1.54) is 10.9 Å². The van der Waals surface area contributed by atoms with Gasteiger partial charge in [0.1, 0.15) is 5.82 Å². The van der Waals surface area contributed by atoms with Crippen LogP contribution in [0.2, 0.25) is 5.02 Å². The largest absolute Gasteiger partial charge is 0.479 e. The van der Waals surface area contributed by atoms with Crippen molar-refractivity contribution in [3.8, 4) is 5.75 Å². The summed E-state index contributed by atoms with van der Waals surface area (Å²) in [5.41, 5.74) is 0.934. The highest BCUT2D eigenvalue weighted by molar-refractivity contribution is 9.10. The van der Waals surface area contributed by atoms with Gasteiger partial charge in [-0.05, 0) is 72.6 Å². The second-order valence-corrected chi connectivity index (χ2v) is 9.00. The minimum Gasteiger partial charge on any atom is -0.479 e. The molecule has 31 heavy (non-hydrogen) atoms. The van der Waals surface area contributed by atoms with Gasteiger partial charge in [-0.15, -0.1) is 0 Å². The first-order valence-electron chi connectivity index (χ1n) is 9.20. The molecule has 0 aliphatic carbocycles. The number of benzene rings is 2. The van der Waals surface area contributed by atoms with E-state index in [0.717, 1.165) is 4.47 Å². The lowest BCUT2D eigenvalue weighted by molar-refractivity contribution is -0.149. The number of aromatic nitrogens is 2. The Morgan fingerprint density at radius 3 is 2.71 bits per heavy atom. The van der Waals surface area contributed by atoms with Gasteiger partial charge in [-0.2, -0.15) is 9.78 Å². The van der Waals surface area contributed by atoms with Crippen LogP contribution in [0.25, 0.3) is 10.9 Å². The zero-order valence-electron chi connectivity index (χ0n) is 16.9. The Balaban J connectivity index is 1.86. The molecule has 162 valence electrons. The second kappa shape index (κ2) is 9.93. The van der Waals surface area contributed by atoms with E-state index < -0.39 is 5.97 Å². The number of ether oxygens (including phenoxy) is 2. The lowest BCUT2D eigenvalue weighted by Gasteiger charge is -2.12. The van der Waals surface area contributed by atoms with Crippen LogP contribution in [-0.4, -0.2) is 34.6 Å². The summed E-state index contributed by atoms with van der Waals surface area (Å²) in [7, 11) is 0. The van der Waals surface area contributed by atoms with Gasteiger partial charge < -0.3 is 9.47 Å². The zero-order chi connectivity index (χ0) is 22.7. The Hall–Kier alpha value is -2.23. The normalized spacial score (nSPS) is 11.5. The standard InChI is InChI=1S/C21H18Br2ClN3O4/c1-11(2)31-19(28)10-30-20-16(23)6-13(7-17(20)24)9-25-27-12(3)26-18-5-4-14(22)8-15(18)21(27)29/h4-9,11H,10H2,1-3H3. The molecule has 3 rings (SSSR count). The molecule has 1 aromatic heterocycles. The van der Waals surface area contributed by atoms with Gasteiger partial charge >= 0.3 is 5.97 Å². The summed E-state index contributed by atoms with van der Waals surface area (Å²) in [6.45, 7) is 4.95. The fraction of sp³-hybridized carbons (Fsp3) is 0.238. The van der Waals surface area contributed by atoms with Crippen molar-refractivity contribution in [3.63, 3.8) is 0 Å². The van der Waals surface area contributed by atoms with E-state index in [2.05, 4.69) is 41.9 Å². The monoisotopic (exact) mass is 569 g/mol. The number of esters is 1. The number of aryl methyl sites for hydroxylation is 1. The van der Waals surface area contributed by atoms with E-state index in [1.54, 1.807) is 45.0 Å². The topological polar surface area (TPSA) is 82.8 Å². The predicted molar refractivity (Wildman–Crippen MR) is 127 cm³/mol. The minimum absolute atomic E-state index is 0.230. The van der Waals surface area contributed by atoms with E-state index in [1.807, 2.05) is 6.07 Å². The van der Waals surface area contributed by atoms with Crippen LogP contribution in [0.15, 0.2) is 49.2 Å². The third kappa shape index (κ3) is 5.72. The number of carbonyl (C=O) groups is 1. The van der Waals surface area contributed by atoms with Crippen molar-refractivity contribution < 1.29 is 14.3 Å². The maximum absolute atomic E-state index is 12.8. The fourth-order valence-corrected chi connectivity index (χ4v) is 4.09. The summed E-state index contributed by atoms with van der Waals surface area (Å²) in [6, 6.07) is 8.64. The SMILES string of the molecule is Cc1nc2ccc(Br)cc2c(=O)n1N=Cc1cc(Cl)c(OCC(=O)OC(C)C)c(Br)c1. The number of hydrogen-bond donors (Lipinski definition) is 0. The molecule has 7 nitrogen and oxygen atoms in total. The molecule has 0 aliphatic rings.